The molecule has 0 radical (unpaired) electrons. The molecule has 0 saturated heterocycles. The molecule has 1 N–H and O–H groups in total. The molecule has 0 spiro atoms. The third-order valence-corrected chi connectivity index (χ3v) is 3.21. The second kappa shape index (κ2) is 4.96. The monoisotopic (exact) mass is 218 g/mol. The first-order chi connectivity index (χ1) is 7.66. The van der Waals surface area contributed by atoms with Gasteiger partial charge in [0.15, 0.2) is 0 Å². The Bertz CT molecular complexity index is 369. The van der Waals surface area contributed by atoms with Crippen molar-refractivity contribution in [3.63, 3.8) is 0 Å². The maximum atomic E-state index is 4.71. The van der Waals surface area contributed by atoms with E-state index in [4.69, 9.17) is 4.98 Å². The Morgan fingerprint density at radius 3 is 2.94 bits per heavy atom. The largest absolute Gasteiger partial charge is 0.312 e. The quantitative estimate of drug-likeness (QED) is 0.840. The Morgan fingerprint density at radius 1 is 1.38 bits per heavy atom. The lowest BCUT2D eigenvalue weighted by atomic mass is 10.1. The first-order valence-electron chi connectivity index (χ1n) is 6.36. The molecule has 0 bridgehead atoms. The van der Waals surface area contributed by atoms with Crippen LogP contribution in [0, 0.1) is 12.8 Å². The van der Waals surface area contributed by atoms with Crippen LogP contribution in [0.5, 0.6) is 0 Å². The predicted molar refractivity (Wildman–Crippen MR) is 67.5 cm³/mol. The molecule has 88 valence electrons. The van der Waals surface area contributed by atoms with Crippen molar-refractivity contribution in [1.82, 2.24) is 10.3 Å². The molecule has 0 aliphatic heterocycles. The van der Waals surface area contributed by atoms with Gasteiger partial charge < -0.3 is 5.32 Å². The maximum Gasteiger partial charge on any atom is 0.0439 e. The topological polar surface area (TPSA) is 24.9 Å². The minimum atomic E-state index is 0.711. The van der Waals surface area contributed by atoms with Gasteiger partial charge in [-0.2, -0.15) is 0 Å². The number of pyridine rings is 1. The zero-order valence-corrected chi connectivity index (χ0v) is 10.6. The number of nitrogens with one attached hydrogen (secondary N) is 1. The lowest BCUT2D eigenvalue weighted by Crippen LogP contribution is -2.20. The van der Waals surface area contributed by atoms with E-state index < -0.39 is 0 Å². The third kappa shape index (κ3) is 2.62. The summed E-state index contributed by atoms with van der Waals surface area (Å²) in [6.45, 7) is 8.65. The fourth-order valence-electron chi connectivity index (χ4n) is 2.30. The van der Waals surface area contributed by atoms with E-state index in [1.807, 2.05) is 0 Å². The summed E-state index contributed by atoms with van der Waals surface area (Å²) >= 11 is 0. The van der Waals surface area contributed by atoms with Gasteiger partial charge in [-0.25, -0.2) is 0 Å². The van der Waals surface area contributed by atoms with E-state index in [0.717, 1.165) is 13.1 Å². The normalized spacial score (nSPS) is 14.5. The predicted octanol–water partition coefficient (Wildman–Crippen LogP) is 2.62. The Balaban J connectivity index is 2.04. The molecule has 1 aliphatic rings. The summed E-state index contributed by atoms with van der Waals surface area (Å²) in [5.41, 5.74) is 5.40. The molecular weight excluding hydrogens is 196 g/mol. The van der Waals surface area contributed by atoms with Gasteiger partial charge in [-0.3, -0.25) is 4.98 Å². The van der Waals surface area contributed by atoms with Crippen molar-refractivity contribution in [2.24, 2.45) is 5.92 Å². The summed E-state index contributed by atoms with van der Waals surface area (Å²) in [6, 6.07) is 2.36. The maximum absolute atomic E-state index is 4.71. The summed E-state index contributed by atoms with van der Waals surface area (Å²) < 4.78 is 0. The van der Waals surface area contributed by atoms with E-state index in [-0.39, 0.29) is 0 Å². The Kier molecular flexibility index (Phi) is 3.59. The van der Waals surface area contributed by atoms with Gasteiger partial charge in [-0.05, 0) is 49.8 Å². The van der Waals surface area contributed by atoms with Crippen LogP contribution < -0.4 is 5.32 Å². The molecular formula is C14H22N2. The van der Waals surface area contributed by atoms with Crippen molar-refractivity contribution in [1.29, 1.82) is 0 Å². The van der Waals surface area contributed by atoms with Crippen LogP contribution in [0.1, 0.15) is 42.8 Å². The summed E-state index contributed by atoms with van der Waals surface area (Å²) in [7, 11) is 0. The number of rotatable bonds is 4. The Labute approximate surface area is 98.5 Å². The number of aromatic nitrogens is 1. The first kappa shape index (κ1) is 11.6. The van der Waals surface area contributed by atoms with Gasteiger partial charge in [0, 0.05) is 17.9 Å². The number of nitrogens with zero attached hydrogens (tertiary/aromatic N) is 1. The van der Waals surface area contributed by atoms with Crippen LogP contribution in [0.2, 0.25) is 0 Å². The highest BCUT2D eigenvalue weighted by Crippen LogP contribution is 2.22. The van der Waals surface area contributed by atoms with Crippen LogP contribution in [0.3, 0.4) is 0 Å². The van der Waals surface area contributed by atoms with Crippen LogP contribution in [-0.2, 0) is 19.4 Å². The molecule has 0 amide bonds. The van der Waals surface area contributed by atoms with Crippen molar-refractivity contribution in [2.75, 3.05) is 6.54 Å². The van der Waals surface area contributed by atoms with Crippen molar-refractivity contribution < 1.29 is 0 Å². The zero-order valence-electron chi connectivity index (χ0n) is 10.6. The van der Waals surface area contributed by atoms with Crippen molar-refractivity contribution in [3.05, 3.63) is 28.6 Å². The molecule has 16 heavy (non-hydrogen) atoms. The van der Waals surface area contributed by atoms with Crippen LogP contribution >= 0.6 is 0 Å². The van der Waals surface area contributed by atoms with E-state index in [1.54, 1.807) is 0 Å². The van der Waals surface area contributed by atoms with Crippen LogP contribution in [0.4, 0.5) is 0 Å². The highest BCUT2D eigenvalue weighted by atomic mass is 14.9. The molecule has 0 atom stereocenters. The molecule has 1 aromatic heterocycles. The minimum Gasteiger partial charge on any atom is -0.312 e. The van der Waals surface area contributed by atoms with E-state index in [2.05, 4.69) is 32.2 Å². The highest BCUT2D eigenvalue weighted by Gasteiger charge is 2.14. The molecule has 2 rings (SSSR count). The molecule has 2 nitrogen and oxygen atoms in total. The zero-order chi connectivity index (χ0) is 11.5. The second-order valence-electron chi connectivity index (χ2n) is 5.22. The molecule has 1 aromatic rings. The number of fused-ring (bicyclic) bond motifs is 1. The molecule has 0 unspecified atom stereocenters. The average Bonchev–Trinajstić information content (AvgIpc) is 2.64. The van der Waals surface area contributed by atoms with Gasteiger partial charge in [0.25, 0.3) is 0 Å². The summed E-state index contributed by atoms with van der Waals surface area (Å²) in [5.74, 6) is 0.711. The Morgan fingerprint density at radius 2 is 2.19 bits per heavy atom. The molecule has 2 heteroatoms. The van der Waals surface area contributed by atoms with E-state index in [9.17, 15) is 0 Å². The Hall–Kier alpha value is -0.890. The van der Waals surface area contributed by atoms with Crippen molar-refractivity contribution >= 4 is 0 Å². The smallest absolute Gasteiger partial charge is 0.0439 e. The summed E-state index contributed by atoms with van der Waals surface area (Å²) in [4.78, 5) is 4.71. The van der Waals surface area contributed by atoms with Crippen LogP contribution in [-0.4, -0.2) is 11.5 Å². The van der Waals surface area contributed by atoms with Gasteiger partial charge in [-0.1, -0.05) is 19.9 Å². The average molecular weight is 218 g/mol. The van der Waals surface area contributed by atoms with Gasteiger partial charge >= 0.3 is 0 Å². The van der Waals surface area contributed by atoms with E-state index >= 15 is 0 Å². The highest BCUT2D eigenvalue weighted by molar-refractivity contribution is 5.33. The van der Waals surface area contributed by atoms with Crippen molar-refractivity contribution in [2.45, 2.75) is 46.6 Å². The second-order valence-corrected chi connectivity index (χ2v) is 5.22. The molecule has 1 heterocycles. The number of hydrogen-bond donors (Lipinski definition) is 1. The van der Waals surface area contributed by atoms with Gasteiger partial charge in [-0.15, -0.1) is 0 Å². The van der Waals surface area contributed by atoms with Crippen LogP contribution in [0.25, 0.3) is 0 Å². The molecule has 1 aliphatic carbocycles. The van der Waals surface area contributed by atoms with Gasteiger partial charge in [0.05, 0.1) is 0 Å². The van der Waals surface area contributed by atoms with Gasteiger partial charge in [0.2, 0.25) is 0 Å². The fraction of sp³-hybridized carbons (Fsp3) is 0.643. The lowest BCUT2D eigenvalue weighted by Gasteiger charge is -2.11. The van der Waals surface area contributed by atoms with Crippen molar-refractivity contribution in [3.8, 4) is 0 Å². The minimum absolute atomic E-state index is 0.711. The first-order valence-corrected chi connectivity index (χ1v) is 6.36. The van der Waals surface area contributed by atoms with Gasteiger partial charge in [0.1, 0.15) is 0 Å². The molecule has 0 saturated carbocycles. The summed E-state index contributed by atoms with van der Waals surface area (Å²) in [6.07, 6.45) is 3.68. The van der Waals surface area contributed by atoms with E-state index in [1.165, 1.54) is 41.8 Å². The van der Waals surface area contributed by atoms with E-state index in [0.29, 0.717) is 5.92 Å². The fourth-order valence-corrected chi connectivity index (χ4v) is 2.30. The molecule has 0 aromatic carbocycles. The SMILES string of the molecule is Cc1nc2c(cc1CNCC(C)C)CCC2. The molecule has 0 fully saturated rings. The number of hydrogen-bond acceptors (Lipinski definition) is 2. The lowest BCUT2D eigenvalue weighted by molar-refractivity contribution is 0.550. The standard InChI is InChI=1S/C14H22N2/c1-10(2)8-15-9-13-7-12-5-4-6-14(12)16-11(13)3/h7,10,15H,4-6,8-9H2,1-3H3. The third-order valence-electron chi connectivity index (χ3n) is 3.21. The number of aryl methyl sites for hydroxylation is 3. The summed E-state index contributed by atoms with van der Waals surface area (Å²) in [5, 5.41) is 3.49. The van der Waals surface area contributed by atoms with Crippen LogP contribution in [0.15, 0.2) is 6.07 Å².